The molecular weight excluding hydrogens is 164 g/mol. The lowest BCUT2D eigenvalue weighted by Crippen LogP contribution is -2.24. The minimum atomic E-state index is -1.36. The van der Waals surface area contributed by atoms with Crippen LogP contribution in [0.3, 0.4) is 0 Å². The topological polar surface area (TPSA) is 9.23 Å². The monoisotopic (exact) mass is 180 g/mol. The molecule has 0 aromatic heterocycles. The van der Waals surface area contributed by atoms with Crippen molar-refractivity contribution in [3.05, 3.63) is 23.0 Å². The van der Waals surface area contributed by atoms with Crippen molar-refractivity contribution >= 4 is 8.32 Å². The van der Waals surface area contributed by atoms with Crippen molar-refractivity contribution in [1.29, 1.82) is 0 Å². The highest BCUT2D eigenvalue weighted by Gasteiger charge is 2.26. The number of fused-ring (bicyclic) bond motifs is 2. The molecule has 0 saturated heterocycles. The van der Waals surface area contributed by atoms with Gasteiger partial charge in [-0.2, -0.15) is 0 Å². The van der Waals surface area contributed by atoms with Crippen LogP contribution in [0.2, 0.25) is 19.6 Å². The fraction of sp³-hybridized carbons (Fsp3) is 0.600. The fourth-order valence-electron chi connectivity index (χ4n) is 1.81. The molecule has 1 nitrogen and oxygen atoms in total. The van der Waals surface area contributed by atoms with Crippen LogP contribution < -0.4 is 0 Å². The van der Waals surface area contributed by atoms with Gasteiger partial charge in [0.1, 0.15) is 5.76 Å². The number of hydrogen-bond acceptors (Lipinski definition) is 1. The van der Waals surface area contributed by atoms with E-state index in [2.05, 4.69) is 25.7 Å². The molecule has 0 aliphatic heterocycles. The predicted molar refractivity (Wildman–Crippen MR) is 53.4 cm³/mol. The van der Waals surface area contributed by atoms with E-state index in [4.69, 9.17) is 4.43 Å². The predicted octanol–water partition coefficient (Wildman–Crippen LogP) is 3.22. The molecule has 0 aromatic rings. The highest BCUT2D eigenvalue weighted by molar-refractivity contribution is 6.70. The molecular formula is C10H16OSi. The molecule has 2 aliphatic carbocycles. The second-order valence-electron chi connectivity index (χ2n) is 4.66. The van der Waals surface area contributed by atoms with Gasteiger partial charge in [0.05, 0.1) is 0 Å². The van der Waals surface area contributed by atoms with Gasteiger partial charge in [0.15, 0.2) is 0 Å². The zero-order chi connectivity index (χ0) is 8.77. The first-order valence-electron chi connectivity index (χ1n) is 4.65. The molecule has 0 heterocycles. The highest BCUT2D eigenvalue weighted by atomic mass is 28.4. The SMILES string of the molecule is C[Si](C)(C)OC1=C2CCC(=C1)C2. The molecule has 0 radical (unpaired) electrons. The van der Waals surface area contributed by atoms with Crippen molar-refractivity contribution in [2.24, 2.45) is 0 Å². The van der Waals surface area contributed by atoms with E-state index in [1.807, 2.05) is 0 Å². The average Bonchev–Trinajstić information content (AvgIpc) is 2.42. The molecule has 1 fully saturated rings. The van der Waals surface area contributed by atoms with E-state index in [0.29, 0.717) is 0 Å². The van der Waals surface area contributed by atoms with Gasteiger partial charge in [0.25, 0.3) is 0 Å². The van der Waals surface area contributed by atoms with Crippen molar-refractivity contribution in [2.45, 2.75) is 38.9 Å². The maximum absolute atomic E-state index is 5.97. The van der Waals surface area contributed by atoms with Gasteiger partial charge in [0, 0.05) is 0 Å². The maximum Gasteiger partial charge on any atom is 0.242 e. The van der Waals surface area contributed by atoms with E-state index in [-0.39, 0.29) is 0 Å². The van der Waals surface area contributed by atoms with E-state index in [1.165, 1.54) is 25.0 Å². The van der Waals surface area contributed by atoms with E-state index in [9.17, 15) is 0 Å². The summed E-state index contributed by atoms with van der Waals surface area (Å²) < 4.78 is 5.97. The summed E-state index contributed by atoms with van der Waals surface area (Å²) in [5, 5.41) is 0. The van der Waals surface area contributed by atoms with Crippen LogP contribution in [0.5, 0.6) is 0 Å². The summed E-state index contributed by atoms with van der Waals surface area (Å²) in [5.41, 5.74) is 3.13. The second kappa shape index (κ2) is 2.49. The van der Waals surface area contributed by atoms with Gasteiger partial charge < -0.3 is 4.43 Å². The molecule has 66 valence electrons. The Kier molecular flexibility index (Phi) is 1.68. The van der Waals surface area contributed by atoms with Crippen LogP contribution in [-0.2, 0) is 4.43 Å². The summed E-state index contributed by atoms with van der Waals surface area (Å²) in [5.74, 6) is 1.22. The number of rotatable bonds is 2. The first-order valence-corrected chi connectivity index (χ1v) is 8.06. The molecule has 0 spiro atoms. The lowest BCUT2D eigenvalue weighted by atomic mass is 10.2. The van der Waals surface area contributed by atoms with Gasteiger partial charge in [-0.1, -0.05) is 5.57 Å². The average molecular weight is 180 g/mol. The molecule has 0 N–H and O–H groups in total. The lowest BCUT2D eigenvalue weighted by Gasteiger charge is -2.21. The van der Waals surface area contributed by atoms with E-state index < -0.39 is 8.32 Å². The van der Waals surface area contributed by atoms with Crippen molar-refractivity contribution in [2.75, 3.05) is 0 Å². The zero-order valence-electron chi connectivity index (χ0n) is 8.11. The lowest BCUT2D eigenvalue weighted by molar-refractivity contribution is 0.433. The van der Waals surface area contributed by atoms with Crippen LogP contribution in [0.15, 0.2) is 23.0 Å². The molecule has 2 bridgehead atoms. The van der Waals surface area contributed by atoms with Crippen LogP contribution in [0, 0.1) is 0 Å². The Bertz CT molecular complexity index is 268. The van der Waals surface area contributed by atoms with Gasteiger partial charge in [-0.3, -0.25) is 0 Å². The molecule has 0 atom stereocenters. The largest absolute Gasteiger partial charge is 0.544 e. The third-order valence-corrected chi connectivity index (χ3v) is 3.12. The van der Waals surface area contributed by atoms with Crippen molar-refractivity contribution in [3.63, 3.8) is 0 Å². The van der Waals surface area contributed by atoms with E-state index >= 15 is 0 Å². The molecule has 0 aromatic carbocycles. The normalized spacial score (nSPS) is 21.8. The summed E-state index contributed by atoms with van der Waals surface area (Å²) in [4.78, 5) is 0. The number of allylic oxidation sites excluding steroid dienone is 3. The smallest absolute Gasteiger partial charge is 0.242 e. The van der Waals surface area contributed by atoms with Crippen molar-refractivity contribution in [1.82, 2.24) is 0 Å². The summed E-state index contributed by atoms with van der Waals surface area (Å²) in [7, 11) is -1.36. The summed E-state index contributed by atoms with van der Waals surface area (Å²) >= 11 is 0. The first kappa shape index (κ1) is 8.11. The third kappa shape index (κ3) is 1.48. The Hall–Kier alpha value is -0.503. The van der Waals surface area contributed by atoms with Crippen LogP contribution in [-0.4, -0.2) is 8.32 Å². The molecule has 0 amide bonds. The molecule has 2 rings (SSSR count). The van der Waals surface area contributed by atoms with Gasteiger partial charge >= 0.3 is 0 Å². The minimum Gasteiger partial charge on any atom is -0.544 e. The maximum atomic E-state index is 5.97. The highest BCUT2D eigenvalue weighted by Crippen LogP contribution is 2.40. The molecule has 2 aliphatic rings. The standard InChI is InChI=1S/C10H16OSi/c1-12(2,3)11-10-7-8-4-5-9(10)6-8/h7H,4-6H2,1-3H3. The van der Waals surface area contributed by atoms with Crippen LogP contribution >= 0.6 is 0 Å². The van der Waals surface area contributed by atoms with E-state index in [1.54, 1.807) is 11.1 Å². The van der Waals surface area contributed by atoms with Gasteiger partial charge in [-0.15, -0.1) is 0 Å². The van der Waals surface area contributed by atoms with Crippen molar-refractivity contribution in [3.8, 4) is 0 Å². The number of hydrogen-bond donors (Lipinski definition) is 0. The van der Waals surface area contributed by atoms with Gasteiger partial charge in [-0.05, 0) is 50.6 Å². The summed E-state index contributed by atoms with van der Waals surface area (Å²) in [6, 6.07) is 0. The van der Waals surface area contributed by atoms with Crippen LogP contribution in [0.25, 0.3) is 0 Å². The second-order valence-corrected chi connectivity index (χ2v) is 9.09. The molecule has 0 unspecified atom stereocenters. The van der Waals surface area contributed by atoms with Gasteiger partial charge in [-0.25, -0.2) is 0 Å². The fourth-order valence-corrected chi connectivity index (χ4v) is 2.68. The Morgan fingerprint density at radius 2 is 2.00 bits per heavy atom. The molecule has 12 heavy (non-hydrogen) atoms. The summed E-state index contributed by atoms with van der Waals surface area (Å²) in [6.45, 7) is 6.72. The minimum absolute atomic E-state index is 1.21. The van der Waals surface area contributed by atoms with Crippen molar-refractivity contribution < 1.29 is 4.43 Å². The van der Waals surface area contributed by atoms with Gasteiger partial charge in [0.2, 0.25) is 8.32 Å². The Morgan fingerprint density at radius 3 is 2.42 bits per heavy atom. The van der Waals surface area contributed by atoms with E-state index in [0.717, 1.165) is 0 Å². The molecule has 1 saturated carbocycles. The zero-order valence-corrected chi connectivity index (χ0v) is 9.11. The third-order valence-electron chi connectivity index (χ3n) is 2.29. The Labute approximate surface area is 75.3 Å². The van der Waals surface area contributed by atoms with Crippen LogP contribution in [0.1, 0.15) is 19.3 Å². The molecule has 2 heteroatoms. The summed E-state index contributed by atoms with van der Waals surface area (Å²) in [6.07, 6.45) is 6.01. The van der Waals surface area contributed by atoms with Crippen LogP contribution in [0.4, 0.5) is 0 Å². The quantitative estimate of drug-likeness (QED) is 0.593. The Balaban J connectivity index is 2.12. The first-order chi connectivity index (χ1) is 5.54. The Morgan fingerprint density at radius 1 is 1.25 bits per heavy atom.